The van der Waals surface area contributed by atoms with Gasteiger partial charge in [-0.1, -0.05) is 24.3 Å². The van der Waals surface area contributed by atoms with E-state index < -0.39 is 11.6 Å². The van der Waals surface area contributed by atoms with E-state index in [9.17, 15) is 9.59 Å². The molecule has 0 aliphatic rings. The minimum atomic E-state index is -0.533. The Balaban J connectivity index is 2.06. The lowest BCUT2D eigenvalue weighted by Crippen LogP contribution is -2.22. The maximum Gasteiger partial charge on any atom is 0.331 e. The number of ether oxygens (including phenoxy) is 1. The maximum absolute atomic E-state index is 12.4. The van der Waals surface area contributed by atoms with Crippen LogP contribution in [0.3, 0.4) is 0 Å². The predicted octanol–water partition coefficient (Wildman–Crippen LogP) is 4.12. The summed E-state index contributed by atoms with van der Waals surface area (Å²) in [6.07, 6.45) is 2.99. The lowest BCUT2D eigenvalue weighted by Gasteiger charge is -2.17. The molecule has 0 aliphatic heterocycles. The van der Waals surface area contributed by atoms with Crippen molar-refractivity contribution in [2.45, 2.75) is 26.4 Å². The lowest BCUT2D eigenvalue weighted by molar-refractivity contribution is -0.148. The van der Waals surface area contributed by atoms with Crippen LogP contribution in [0.15, 0.2) is 54.6 Å². The fourth-order valence-corrected chi connectivity index (χ4v) is 2.08. The summed E-state index contributed by atoms with van der Waals surface area (Å²) >= 11 is 0. The molecular formula is C20H20O5. The molecule has 0 fully saturated rings. The molecule has 1 N–H and O–H groups in total. The van der Waals surface area contributed by atoms with Gasteiger partial charge in [0.1, 0.15) is 5.60 Å². The Morgan fingerprint density at radius 2 is 1.44 bits per heavy atom. The van der Waals surface area contributed by atoms with Gasteiger partial charge in [0.15, 0.2) is 11.5 Å². The monoisotopic (exact) mass is 340 g/mol. The number of carbonyl (C=O) groups is 2. The molecule has 0 aliphatic carbocycles. The van der Waals surface area contributed by atoms with Crippen molar-refractivity contribution in [1.29, 1.82) is 0 Å². The largest absolute Gasteiger partial charge is 0.457 e. The molecule has 0 amide bonds. The Labute approximate surface area is 146 Å². The highest BCUT2D eigenvalue weighted by molar-refractivity contribution is 6.09. The van der Waals surface area contributed by atoms with Crippen molar-refractivity contribution < 1.29 is 24.5 Å². The fraction of sp³-hybridized carbons (Fsp3) is 0.200. The molecule has 2 aromatic carbocycles. The average Bonchev–Trinajstić information content (AvgIpc) is 2.58. The van der Waals surface area contributed by atoms with Crippen molar-refractivity contribution in [2.75, 3.05) is 0 Å². The fourth-order valence-electron chi connectivity index (χ4n) is 2.08. The van der Waals surface area contributed by atoms with E-state index in [1.165, 1.54) is 18.2 Å². The van der Waals surface area contributed by atoms with E-state index in [0.717, 1.165) is 5.56 Å². The molecule has 2 rings (SSSR count). The van der Waals surface area contributed by atoms with Crippen molar-refractivity contribution in [3.63, 3.8) is 0 Å². The van der Waals surface area contributed by atoms with Crippen LogP contribution < -0.4 is 4.89 Å². The van der Waals surface area contributed by atoms with Gasteiger partial charge in [-0.05, 0) is 56.7 Å². The molecule has 130 valence electrons. The summed E-state index contributed by atoms with van der Waals surface area (Å²) in [5, 5.41) is 8.54. The molecule has 0 bridgehead atoms. The molecule has 0 unspecified atom stereocenters. The van der Waals surface area contributed by atoms with E-state index >= 15 is 0 Å². The first-order valence-corrected chi connectivity index (χ1v) is 7.76. The van der Waals surface area contributed by atoms with Crippen molar-refractivity contribution in [2.24, 2.45) is 0 Å². The minimum absolute atomic E-state index is 0.146. The summed E-state index contributed by atoms with van der Waals surface area (Å²) in [4.78, 5) is 28.1. The van der Waals surface area contributed by atoms with E-state index in [1.807, 2.05) is 0 Å². The zero-order valence-corrected chi connectivity index (χ0v) is 14.4. The Bertz CT molecular complexity index is 765. The highest BCUT2D eigenvalue weighted by Gasteiger charge is 2.14. The van der Waals surface area contributed by atoms with Gasteiger partial charge in [0.25, 0.3) is 0 Å². The van der Waals surface area contributed by atoms with Gasteiger partial charge < -0.3 is 9.62 Å². The van der Waals surface area contributed by atoms with Crippen LogP contribution in [-0.4, -0.2) is 22.6 Å². The summed E-state index contributed by atoms with van der Waals surface area (Å²) in [5.41, 5.74) is 1.25. The van der Waals surface area contributed by atoms with Crippen molar-refractivity contribution in [3.05, 3.63) is 71.3 Å². The number of hydrogen-bond acceptors (Lipinski definition) is 5. The third-order valence-electron chi connectivity index (χ3n) is 3.21. The molecule has 0 saturated heterocycles. The molecular weight excluding hydrogens is 320 g/mol. The van der Waals surface area contributed by atoms with Crippen LogP contribution in [0.4, 0.5) is 0 Å². The quantitative estimate of drug-likeness (QED) is 0.291. The minimum Gasteiger partial charge on any atom is -0.457 e. The Hall–Kier alpha value is -2.92. The number of carbonyl (C=O) groups excluding carboxylic acids is 2. The second-order valence-corrected chi connectivity index (χ2v) is 6.43. The summed E-state index contributed by atoms with van der Waals surface area (Å²) in [7, 11) is 0. The van der Waals surface area contributed by atoms with E-state index in [4.69, 9.17) is 9.99 Å². The molecule has 5 nitrogen and oxygen atoms in total. The summed E-state index contributed by atoms with van der Waals surface area (Å²) in [6.45, 7) is 5.41. The van der Waals surface area contributed by atoms with Crippen LogP contribution in [0.25, 0.3) is 6.08 Å². The van der Waals surface area contributed by atoms with Gasteiger partial charge in [-0.3, -0.25) is 4.79 Å². The molecule has 0 heterocycles. The second-order valence-electron chi connectivity index (χ2n) is 6.43. The number of benzene rings is 2. The summed E-state index contributed by atoms with van der Waals surface area (Å²) < 4.78 is 5.19. The zero-order chi connectivity index (χ0) is 18.4. The molecule has 0 atom stereocenters. The number of esters is 1. The lowest BCUT2D eigenvalue weighted by atomic mass is 10.0. The third-order valence-corrected chi connectivity index (χ3v) is 3.21. The van der Waals surface area contributed by atoms with Gasteiger partial charge in [0.2, 0.25) is 0 Å². The van der Waals surface area contributed by atoms with Crippen LogP contribution >= 0.6 is 0 Å². The Morgan fingerprint density at radius 3 is 1.92 bits per heavy atom. The van der Waals surface area contributed by atoms with Gasteiger partial charge in [-0.2, -0.15) is 0 Å². The summed E-state index contributed by atoms with van der Waals surface area (Å²) in [5.74, 6) is -0.301. The second kappa shape index (κ2) is 7.77. The molecule has 0 radical (unpaired) electrons. The van der Waals surface area contributed by atoms with Crippen LogP contribution in [-0.2, 0) is 9.53 Å². The number of hydrogen-bond donors (Lipinski definition) is 1. The molecule has 0 spiro atoms. The van der Waals surface area contributed by atoms with Gasteiger partial charge >= 0.3 is 5.97 Å². The zero-order valence-electron chi connectivity index (χ0n) is 14.4. The van der Waals surface area contributed by atoms with Crippen molar-refractivity contribution in [3.8, 4) is 5.75 Å². The third kappa shape index (κ3) is 5.58. The first-order chi connectivity index (χ1) is 11.8. The molecule has 25 heavy (non-hydrogen) atoms. The van der Waals surface area contributed by atoms with Gasteiger partial charge in [0, 0.05) is 17.2 Å². The van der Waals surface area contributed by atoms with E-state index in [0.29, 0.717) is 11.1 Å². The highest BCUT2D eigenvalue weighted by atomic mass is 17.1. The van der Waals surface area contributed by atoms with Gasteiger partial charge in [-0.25, -0.2) is 10.1 Å². The molecule has 0 saturated carbocycles. The Morgan fingerprint density at radius 1 is 0.920 bits per heavy atom. The van der Waals surface area contributed by atoms with Crippen LogP contribution in [0, 0.1) is 0 Å². The molecule has 5 heteroatoms. The van der Waals surface area contributed by atoms with E-state index in [-0.39, 0.29) is 11.5 Å². The maximum atomic E-state index is 12.4. The summed E-state index contributed by atoms with van der Waals surface area (Å²) in [6, 6.07) is 13.0. The van der Waals surface area contributed by atoms with E-state index in [1.54, 1.807) is 63.2 Å². The van der Waals surface area contributed by atoms with Crippen LogP contribution in [0.2, 0.25) is 0 Å². The highest BCUT2D eigenvalue weighted by Crippen LogP contribution is 2.16. The average molecular weight is 340 g/mol. The van der Waals surface area contributed by atoms with Gasteiger partial charge in [0.05, 0.1) is 0 Å². The smallest absolute Gasteiger partial charge is 0.331 e. The molecule has 0 aromatic heterocycles. The Kier molecular flexibility index (Phi) is 5.72. The van der Waals surface area contributed by atoms with Crippen molar-refractivity contribution >= 4 is 17.8 Å². The van der Waals surface area contributed by atoms with Crippen LogP contribution in [0.1, 0.15) is 42.3 Å². The first kappa shape index (κ1) is 18.4. The topological polar surface area (TPSA) is 72.8 Å². The predicted molar refractivity (Wildman–Crippen MR) is 94.5 cm³/mol. The SMILES string of the molecule is CC(C)(C)OC(=O)/C=C/c1ccc(C(=O)c2ccc(OO)cc2)cc1. The normalized spacial score (nSPS) is 11.4. The number of ketones is 1. The first-order valence-electron chi connectivity index (χ1n) is 7.76. The van der Waals surface area contributed by atoms with Crippen LogP contribution in [0.5, 0.6) is 5.75 Å². The standard InChI is InChI=1S/C20H20O5/c1-20(2,3)24-18(21)13-6-14-4-7-15(8-5-14)19(22)16-9-11-17(25-23)12-10-16/h4-13,23H,1-3H3/b13-6+. The number of rotatable bonds is 5. The van der Waals surface area contributed by atoms with Gasteiger partial charge in [-0.15, -0.1) is 0 Å². The van der Waals surface area contributed by atoms with Crippen molar-refractivity contribution in [1.82, 2.24) is 0 Å². The van der Waals surface area contributed by atoms with E-state index in [2.05, 4.69) is 4.89 Å². The molecule has 2 aromatic rings.